The first-order valence-corrected chi connectivity index (χ1v) is 4.99. The van der Waals surface area contributed by atoms with E-state index in [1.807, 2.05) is 0 Å². The molecular formula is C9H17N3O. The van der Waals surface area contributed by atoms with Crippen LogP contribution in [-0.4, -0.2) is 31.8 Å². The van der Waals surface area contributed by atoms with E-state index < -0.39 is 0 Å². The SMILES string of the molecule is NC(=NCC1CCOC1)NC1CC1. The third kappa shape index (κ3) is 2.88. The van der Waals surface area contributed by atoms with Crippen molar-refractivity contribution in [2.45, 2.75) is 25.3 Å². The van der Waals surface area contributed by atoms with Crippen LogP contribution >= 0.6 is 0 Å². The first-order valence-electron chi connectivity index (χ1n) is 4.99. The fourth-order valence-corrected chi connectivity index (χ4v) is 1.44. The number of hydrogen-bond donors (Lipinski definition) is 2. The first-order chi connectivity index (χ1) is 6.34. The second-order valence-corrected chi connectivity index (χ2v) is 3.87. The largest absolute Gasteiger partial charge is 0.381 e. The molecule has 1 aliphatic carbocycles. The van der Waals surface area contributed by atoms with E-state index in [2.05, 4.69) is 10.3 Å². The average molecular weight is 183 g/mol. The van der Waals surface area contributed by atoms with Crippen LogP contribution in [0.3, 0.4) is 0 Å². The van der Waals surface area contributed by atoms with Gasteiger partial charge in [-0.1, -0.05) is 0 Å². The van der Waals surface area contributed by atoms with Crippen molar-refractivity contribution < 1.29 is 4.74 Å². The zero-order valence-electron chi connectivity index (χ0n) is 7.83. The van der Waals surface area contributed by atoms with Gasteiger partial charge >= 0.3 is 0 Å². The maximum atomic E-state index is 5.69. The molecule has 13 heavy (non-hydrogen) atoms. The van der Waals surface area contributed by atoms with Crippen LogP contribution in [0.4, 0.5) is 0 Å². The second kappa shape index (κ2) is 3.96. The van der Waals surface area contributed by atoms with Crippen molar-refractivity contribution >= 4 is 5.96 Å². The molecule has 1 saturated heterocycles. The highest BCUT2D eigenvalue weighted by Gasteiger charge is 2.21. The molecule has 1 atom stereocenters. The highest BCUT2D eigenvalue weighted by atomic mass is 16.5. The molecule has 0 amide bonds. The second-order valence-electron chi connectivity index (χ2n) is 3.87. The predicted octanol–water partition coefficient (Wildman–Crippen LogP) is 0.0896. The van der Waals surface area contributed by atoms with Gasteiger partial charge in [-0.05, 0) is 19.3 Å². The molecule has 74 valence electrons. The average Bonchev–Trinajstić information content (AvgIpc) is 2.78. The number of nitrogens with two attached hydrogens (primary N) is 1. The van der Waals surface area contributed by atoms with Crippen molar-refractivity contribution in [2.24, 2.45) is 16.6 Å². The summed E-state index contributed by atoms with van der Waals surface area (Å²) in [5, 5.41) is 3.16. The van der Waals surface area contributed by atoms with Gasteiger partial charge < -0.3 is 15.8 Å². The molecule has 4 nitrogen and oxygen atoms in total. The number of guanidine groups is 1. The Morgan fingerprint density at radius 3 is 2.92 bits per heavy atom. The number of hydrogen-bond acceptors (Lipinski definition) is 2. The molecule has 2 aliphatic rings. The Labute approximate surface area is 78.5 Å². The van der Waals surface area contributed by atoms with E-state index in [4.69, 9.17) is 10.5 Å². The quantitative estimate of drug-likeness (QED) is 0.481. The molecule has 3 N–H and O–H groups in total. The molecule has 0 aromatic heterocycles. The highest BCUT2D eigenvalue weighted by molar-refractivity contribution is 5.78. The maximum absolute atomic E-state index is 5.69. The topological polar surface area (TPSA) is 59.6 Å². The number of nitrogens with one attached hydrogen (secondary N) is 1. The first kappa shape index (κ1) is 8.81. The lowest BCUT2D eigenvalue weighted by Crippen LogP contribution is -2.33. The Morgan fingerprint density at radius 1 is 1.46 bits per heavy atom. The van der Waals surface area contributed by atoms with Gasteiger partial charge in [0.25, 0.3) is 0 Å². The Balaban J connectivity index is 1.67. The minimum Gasteiger partial charge on any atom is -0.381 e. The summed E-state index contributed by atoms with van der Waals surface area (Å²) >= 11 is 0. The molecule has 1 aliphatic heterocycles. The lowest BCUT2D eigenvalue weighted by molar-refractivity contribution is 0.187. The van der Waals surface area contributed by atoms with Crippen LogP contribution in [0.2, 0.25) is 0 Å². The number of aliphatic imine (C=N–C) groups is 1. The number of nitrogens with zero attached hydrogens (tertiary/aromatic N) is 1. The summed E-state index contributed by atoms with van der Waals surface area (Å²) in [5.41, 5.74) is 5.69. The van der Waals surface area contributed by atoms with Crippen LogP contribution in [0.25, 0.3) is 0 Å². The molecule has 1 saturated carbocycles. The van der Waals surface area contributed by atoms with Crippen LogP contribution in [0, 0.1) is 5.92 Å². The maximum Gasteiger partial charge on any atom is 0.188 e. The lowest BCUT2D eigenvalue weighted by Gasteiger charge is -2.05. The van der Waals surface area contributed by atoms with E-state index in [-0.39, 0.29) is 0 Å². The molecule has 0 aromatic rings. The summed E-state index contributed by atoms with van der Waals surface area (Å²) in [6, 6.07) is 0.601. The highest BCUT2D eigenvalue weighted by Crippen LogP contribution is 2.18. The smallest absolute Gasteiger partial charge is 0.188 e. The monoisotopic (exact) mass is 183 g/mol. The third-order valence-electron chi connectivity index (χ3n) is 2.47. The summed E-state index contributed by atoms with van der Waals surface area (Å²) < 4.78 is 5.25. The van der Waals surface area contributed by atoms with E-state index in [1.165, 1.54) is 12.8 Å². The summed E-state index contributed by atoms with van der Waals surface area (Å²) in [6.07, 6.45) is 3.60. The summed E-state index contributed by atoms with van der Waals surface area (Å²) in [6.45, 7) is 2.54. The lowest BCUT2D eigenvalue weighted by atomic mass is 10.1. The Bertz CT molecular complexity index is 195. The summed E-state index contributed by atoms with van der Waals surface area (Å²) in [7, 11) is 0. The summed E-state index contributed by atoms with van der Waals surface area (Å²) in [4.78, 5) is 4.29. The van der Waals surface area contributed by atoms with Gasteiger partial charge in [0.05, 0.1) is 6.61 Å². The molecule has 0 aromatic carbocycles. The Kier molecular flexibility index (Phi) is 2.68. The molecule has 0 bridgehead atoms. The number of rotatable bonds is 3. The molecule has 0 spiro atoms. The van der Waals surface area contributed by atoms with Crippen LogP contribution in [0.5, 0.6) is 0 Å². The molecule has 1 unspecified atom stereocenters. The van der Waals surface area contributed by atoms with Crippen molar-refractivity contribution in [1.29, 1.82) is 0 Å². The van der Waals surface area contributed by atoms with Crippen molar-refractivity contribution in [3.8, 4) is 0 Å². The van der Waals surface area contributed by atoms with Crippen molar-refractivity contribution in [3.05, 3.63) is 0 Å². The van der Waals surface area contributed by atoms with Gasteiger partial charge in [-0.25, -0.2) is 0 Å². The third-order valence-corrected chi connectivity index (χ3v) is 2.47. The molecule has 1 heterocycles. The zero-order valence-corrected chi connectivity index (χ0v) is 7.83. The van der Waals surface area contributed by atoms with Crippen molar-refractivity contribution in [1.82, 2.24) is 5.32 Å². The fourth-order valence-electron chi connectivity index (χ4n) is 1.44. The van der Waals surface area contributed by atoms with Crippen LogP contribution in [0.1, 0.15) is 19.3 Å². The number of ether oxygens (including phenoxy) is 1. The van der Waals surface area contributed by atoms with Crippen LogP contribution in [0.15, 0.2) is 4.99 Å². The van der Waals surface area contributed by atoms with E-state index in [9.17, 15) is 0 Å². The van der Waals surface area contributed by atoms with Crippen LogP contribution in [-0.2, 0) is 4.74 Å². The van der Waals surface area contributed by atoms with Gasteiger partial charge in [0.1, 0.15) is 0 Å². The van der Waals surface area contributed by atoms with Crippen molar-refractivity contribution in [2.75, 3.05) is 19.8 Å². The minimum atomic E-state index is 0.583. The Hall–Kier alpha value is -0.770. The fraction of sp³-hybridized carbons (Fsp3) is 0.889. The van der Waals surface area contributed by atoms with Gasteiger partial charge in [-0.2, -0.15) is 0 Å². The Morgan fingerprint density at radius 2 is 2.31 bits per heavy atom. The normalized spacial score (nSPS) is 29.2. The van der Waals surface area contributed by atoms with Gasteiger partial charge in [-0.3, -0.25) is 4.99 Å². The van der Waals surface area contributed by atoms with E-state index >= 15 is 0 Å². The van der Waals surface area contributed by atoms with Gasteiger partial charge in [0, 0.05) is 25.1 Å². The molecule has 0 radical (unpaired) electrons. The zero-order chi connectivity index (χ0) is 9.10. The molecule has 4 heteroatoms. The van der Waals surface area contributed by atoms with Gasteiger partial charge in [0.2, 0.25) is 0 Å². The minimum absolute atomic E-state index is 0.583. The summed E-state index contributed by atoms with van der Waals surface area (Å²) in [5.74, 6) is 1.19. The molecule has 2 rings (SSSR count). The van der Waals surface area contributed by atoms with E-state index in [1.54, 1.807) is 0 Å². The van der Waals surface area contributed by atoms with E-state index in [0.29, 0.717) is 17.9 Å². The van der Waals surface area contributed by atoms with Crippen LogP contribution < -0.4 is 11.1 Å². The van der Waals surface area contributed by atoms with Crippen molar-refractivity contribution in [3.63, 3.8) is 0 Å². The van der Waals surface area contributed by atoms with Gasteiger partial charge in [-0.15, -0.1) is 0 Å². The van der Waals surface area contributed by atoms with E-state index in [0.717, 1.165) is 26.2 Å². The molecular weight excluding hydrogens is 166 g/mol. The molecule has 2 fully saturated rings. The standard InChI is InChI=1S/C9H17N3O/c10-9(12-8-1-2-8)11-5-7-3-4-13-6-7/h7-8H,1-6H2,(H3,10,11,12). The van der Waals surface area contributed by atoms with Gasteiger partial charge in [0.15, 0.2) is 5.96 Å². The predicted molar refractivity (Wildman–Crippen MR) is 51.6 cm³/mol.